The van der Waals surface area contributed by atoms with Crippen molar-refractivity contribution < 1.29 is 12.8 Å². The molecule has 1 aliphatic rings. The van der Waals surface area contributed by atoms with E-state index in [9.17, 15) is 12.8 Å². The third-order valence-electron chi connectivity index (χ3n) is 3.95. The summed E-state index contributed by atoms with van der Waals surface area (Å²) in [4.78, 5) is -0.286. The van der Waals surface area contributed by atoms with Gasteiger partial charge in [-0.2, -0.15) is 5.26 Å². The monoisotopic (exact) mass is 296 g/mol. The first-order chi connectivity index (χ1) is 9.45. The van der Waals surface area contributed by atoms with Crippen molar-refractivity contribution in [2.24, 2.45) is 11.8 Å². The number of hydrogen-bond donors (Lipinski definition) is 1. The Balaban J connectivity index is 2.19. The number of nitrogens with zero attached hydrogens (tertiary/aromatic N) is 1. The third kappa shape index (κ3) is 3.00. The molecule has 1 N–H and O–H groups in total. The molecule has 1 aliphatic carbocycles. The Bertz CT molecular complexity index is 637. The van der Waals surface area contributed by atoms with Gasteiger partial charge < -0.3 is 0 Å². The van der Waals surface area contributed by atoms with Gasteiger partial charge in [-0.05, 0) is 30.4 Å². The molecule has 0 aromatic heterocycles. The molecule has 2 unspecified atom stereocenters. The van der Waals surface area contributed by atoms with E-state index < -0.39 is 21.4 Å². The molecule has 20 heavy (non-hydrogen) atoms. The summed E-state index contributed by atoms with van der Waals surface area (Å²) in [7, 11) is -3.85. The number of nitrogens with one attached hydrogen (secondary N) is 1. The van der Waals surface area contributed by atoms with E-state index in [1.807, 2.05) is 0 Å². The summed E-state index contributed by atoms with van der Waals surface area (Å²) in [6.07, 6.45) is 3.21. The van der Waals surface area contributed by atoms with E-state index in [1.54, 1.807) is 6.07 Å². The van der Waals surface area contributed by atoms with Gasteiger partial charge in [0.25, 0.3) is 0 Å². The molecule has 2 rings (SSSR count). The fraction of sp³-hybridized carbons (Fsp3) is 0.500. The molecular weight excluding hydrogens is 279 g/mol. The molecular formula is C14H17FN2O2S. The summed E-state index contributed by atoms with van der Waals surface area (Å²) in [6.45, 7) is 2.44. The van der Waals surface area contributed by atoms with Crippen LogP contribution in [0.25, 0.3) is 0 Å². The van der Waals surface area contributed by atoms with Gasteiger partial charge in [-0.1, -0.05) is 25.8 Å². The lowest BCUT2D eigenvalue weighted by atomic mass is 9.99. The molecule has 6 heteroatoms. The average molecular weight is 296 g/mol. The summed E-state index contributed by atoms with van der Waals surface area (Å²) in [5.41, 5.74) is -0.431. The highest BCUT2D eigenvalue weighted by atomic mass is 32.2. The first-order valence-corrected chi connectivity index (χ1v) is 8.12. The smallest absolute Gasteiger partial charge is 0.211 e. The molecule has 0 heterocycles. The highest BCUT2D eigenvalue weighted by Gasteiger charge is 2.27. The highest BCUT2D eigenvalue weighted by Crippen LogP contribution is 2.30. The quantitative estimate of drug-likeness (QED) is 0.927. The van der Waals surface area contributed by atoms with Crippen LogP contribution in [0.5, 0.6) is 0 Å². The van der Waals surface area contributed by atoms with Gasteiger partial charge in [0.2, 0.25) is 10.0 Å². The van der Waals surface area contributed by atoms with Crippen molar-refractivity contribution in [3.8, 4) is 6.07 Å². The van der Waals surface area contributed by atoms with Crippen LogP contribution in [0, 0.1) is 29.0 Å². The van der Waals surface area contributed by atoms with Crippen LogP contribution in [0.4, 0.5) is 4.39 Å². The molecule has 0 saturated heterocycles. The number of nitriles is 1. The number of rotatable bonds is 4. The van der Waals surface area contributed by atoms with Crippen molar-refractivity contribution in [3.63, 3.8) is 0 Å². The first kappa shape index (κ1) is 14.9. The number of hydrogen-bond acceptors (Lipinski definition) is 3. The lowest BCUT2D eigenvalue weighted by Gasteiger charge is -2.16. The Morgan fingerprint density at radius 1 is 1.45 bits per heavy atom. The fourth-order valence-corrected chi connectivity index (χ4v) is 3.92. The van der Waals surface area contributed by atoms with E-state index in [0.717, 1.165) is 25.3 Å². The summed E-state index contributed by atoms with van der Waals surface area (Å²) < 4.78 is 40.4. The Hall–Kier alpha value is -1.45. The predicted molar refractivity (Wildman–Crippen MR) is 72.8 cm³/mol. The first-order valence-electron chi connectivity index (χ1n) is 6.64. The van der Waals surface area contributed by atoms with Crippen LogP contribution in [-0.2, 0) is 10.0 Å². The van der Waals surface area contributed by atoms with E-state index in [1.165, 1.54) is 12.1 Å². The van der Waals surface area contributed by atoms with Crippen LogP contribution in [-0.4, -0.2) is 15.0 Å². The third-order valence-corrected chi connectivity index (χ3v) is 5.42. The van der Waals surface area contributed by atoms with Gasteiger partial charge in [0.1, 0.15) is 22.3 Å². The van der Waals surface area contributed by atoms with E-state index in [-0.39, 0.29) is 4.90 Å². The normalized spacial score (nSPS) is 22.6. The minimum absolute atomic E-state index is 0.286. The van der Waals surface area contributed by atoms with Gasteiger partial charge in [0.05, 0.1) is 0 Å². The fourth-order valence-electron chi connectivity index (χ4n) is 2.66. The number of benzene rings is 1. The number of halogens is 1. The van der Waals surface area contributed by atoms with Gasteiger partial charge in [-0.15, -0.1) is 0 Å². The van der Waals surface area contributed by atoms with Gasteiger partial charge in [0, 0.05) is 6.54 Å². The van der Waals surface area contributed by atoms with Crippen molar-refractivity contribution in [2.75, 3.05) is 6.54 Å². The lowest BCUT2D eigenvalue weighted by Crippen LogP contribution is -2.31. The zero-order valence-corrected chi connectivity index (χ0v) is 12.1. The molecule has 0 radical (unpaired) electrons. The zero-order chi connectivity index (χ0) is 14.8. The maximum Gasteiger partial charge on any atom is 0.242 e. The maximum absolute atomic E-state index is 13.5. The van der Waals surface area contributed by atoms with Crippen LogP contribution in [0.3, 0.4) is 0 Å². The van der Waals surface area contributed by atoms with Gasteiger partial charge >= 0.3 is 0 Å². The Kier molecular flexibility index (Phi) is 4.41. The SMILES string of the molecule is CC1CCCC1CNS(=O)(=O)c1cccc(F)c1C#N. The summed E-state index contributed by atoms with van der Waals surface area (Å²) in [6, 6.07) is 5.24. The predicted octanol–water partition coefficient (Wildman–Crippen LogP) is 2.41. The molecule has 0 amide bonds. The van der Waals surface area contributed by atoms with Gasteiger partial charge in [-0.3, -0.25) is 0 Å². The van der Waals surface area contributed by atoms with Crippen LogP contribution >= 0.6 is 0 Å². The second kappa shape index (κ2) is 5.90. The Morgan fingerprint density at radius 3 is 2.80 bits per heavy atom. The van der Waals surface area contributed by atoms with E-state index in [0.29, 0.717) is 18.4 Å². The molecule has 1 aromatic rings. The largest absolute Gasteiger partial charge is 0.242 e. The lowest BCUT2D eigenvalue weighted by molar-refractivity contribution is 0.414. The van der Waals surface area contributed by atoms with E-state index >= 15 is 0 Å². The molecule has 4 nitrogen and oxygen atoms in total. The second-order valence-corrected chi connectivity index (χ2v) is 6.98. The van der Waals surface area contributed by atoms with Crippen molar-refractivity contribution in [1.82, 2.24) is 4.72 Å². The molecule has 0 bridgehead atoms. The molecule has 0 aliphatic heterocycles. The number of sulfonamides is 1. The zero-order valence-electron chi connectivity index (χ0n) is 11.3. The molecule has 0 spiro atoms. The van der Waals surface area contributed by atoms with E-state index in [4.69, 9.17) is 5.26 Å². The van der Waals surface area contributed by atoms with Gasteiger partial charge in [0.15, 0.2) is 0 Å². The minimum atomic E-state index is -3.85. The van der Waals surface area contributed by atoms with Crippen LogP contribution in [0.1, 0.15) is 31.7 Å². The summed E-state index contributed by atoms with van der Waals surface area (Å²) in [5, 5.41) is 8.90. The molecule has 2 atom stereocenters. The van der Waals surface area contributed by atoms with Gasteiger partial charge in [-0.25, -0.2) is 17.5 Å². The average Bonchev–Trinajstić information content (AvgIpc) is 2.82. The topological polar surface area (TPSA) is 70.0 Å². The van der Waals surface area contributed by atoms with E-state index in [2.05, 4.69) is 11.6 Å². The van der Waals surface area contributed by atoms with Crippen LogP contribution in [0.2, 0.25) is 0 Å². The molecule has 1 aromatic carbocycles. The maximum atomic E-state index is 13.5. The molecule has 1 fully saturated rings. The van der Waals surface area contributed by atoms with Crippen molar-refractivity contribution in [3.05, 3.63) is 29.6 Å². The van der Waals surface area contributed by atoms with Crippen LogP contribution < -0.4 is 4.72 Å². The summed E-state index contributed by atoms with van der Waals surface area (Å²) in [5.74, 6) is -0.0193. The minimum Gasteiger partial charge on any atom is -0.211 e. The molecule has 1 saturated carbocycles. The van der Waals surface area contributed by atoms with Crippen LogP contribution in [0.15, 0.2) is 23.1 Å². The Labute approximate surface area is 118 Å². The standard InChI is InChI=1S/C14H17FN2O2S/c1-10-4-2-5-11(10)9-17-20(18,19)14-7-3-6-13(15)12(14)8-16/h3,6-7,10-11,17H,2,4-5,9H2,1H3. The summed E-state index contributed by atoms with van der Waals surface area (Å²) >= 11 is 0. The highest BCUT2D eigenvalue weighted by molar-refractivity contribution is 7.89. The van der Waals surface area contributed by atoms with Crippen molar-refractivity contribution >= 4 is 10.0 Å². The van der Waals surface area contributed by atoms with Crippen molar-refractivity contribution in [1.29, 1.82) is 5.26 Å². The van der Waals surface area contributed by atoms with Crippen molar-refractivity contribution in [2.45, 2.75) is 31.1 Å². The second-order valence-electron chi connectivity index (χ2n) is 5.24. The Morgan fingerprint density at radius 2 is 2.20 bits per heavy atom. The molecule has 108 valence electrons.